The first-order valence-corrected chi connectivity index (χ1v) is 5.54. The number of benzene rings is 1. The first kappa shape index (κ1) is 8.94. The van der Waals surface area contributed by atoms with Crippen LogP contribution in [0.1, 0.15) is 42.3 Å². The van der Waals surface area contributed by atoms with E-state index in [2.05, 4.69) is 0 Å². The fourth-order valence-electron chi connectivity index (χ4n) is 2.47. The summed E-state index contributed by atoms with van der Waals surface area (Å²) in [5, 5.41) is 9.12. The van der Waals surface area contributed by atoms with Gasteiger partial charge in [-0.1, -0.05) is 13.0 Å². The van der Waals surface area contributed by atoms with Crippen LogP contribution in [0.2, 0.25) is 0 Å². The highest BCUT2D eigenvalue weighted by molar-refractivity contribution is 6.03. The number of Topliss-reactive ketones (excluding diaryl/α,β-unsaturated/α-hetero) is 1. The van der Waals surface area contributed by atoms with E-state index >= 15 is 0 Å². The first-order valence-electron chi connectivity index (χ1n) is 6.95. The molecule has 0 heterocycles. The second-order valence-corrected chi connectivity index (χ2v) is 4.47. The summed E-state index contributed by atoms with van der Waals surface area (Å²) in [6.45, 7) is 2.08. The van der Waals surface area contributed by atoms with Crippen molar-refractivity contribution in [3.8, 4) is 0 Å². The fourth-order valence-corrected chi connectivity index (χ4v) is 2.47. The van der Waals surface area contributed by atoms with Gasteiger partial charge in [0.05, 0.1) is 0 Å². The smallest absolute Gasteiger partial charge is 0.166 e. The molecule has 0 saturated heterocycles. The van der Waals surface area contributed by atoms with E-state index in [0.717, 1.165) is 22.3 Å². The van der Waals surface area contributed by atoms with Gasteiger partial charge in [0.25, 0.3) is 0 Å². The minimum Gasteiger partial charge on any atom is -0.396 e. The number of hydrogen-bond acceptors (Lipinski definition) is 2. The lowest BCUT2D eigenvalue weighted by molar-refractivity contribution is 0.0945. The summed E-state index contributed by atoms with van der Waals surface area (Å²) in [7, 11) is 0. The topological polar surface area (TPSA) is 37.3 Å². The molecule has 1 unspecified atom stereocenters. The summed E-state index contributed by atoms with van der Waals surface area (Å²) in [6, 6.07) is 1.92. The van der Waals surface area contributed by atoms with Crippen molar-refractivity contribution in [1.29, 1.82) is 0 Å². The minimum absolute atomic E-state index is 0.0114. The molecule has 0 bridgehead atoms. The SMILES string of the molecule is [2H]Cc1cc2c(c(C[2H])c1CCO)C(=O)C(C)C2. The lowest BCUT2D eigenvalue weighted by Crippen LogP contribution is -2.07. The third kappa shape index (κ3) is 1.57. The maximum atomic E-state index is 12.1. The van der Waals surface area contributed by atoms with Gasteiger partial charge in [0.2, 0.25) is 0 Å². The number of aliphatic hydroxyl groups excluding tert-OH is 1. The summed E-state index contributed by atoms with van der Waals surface area (Å²) < 4.78 is 15.2. The lowest BCUT2D eigenvalue weighted by Gasteiger charge is -2.12. The number of aryl methyl sites for hydroxylation is 1. The Morgan fingerprint density at radius 3 is 3.00 bits per heavy atom. The third-order valence-corrected chi connectivity index (χ3v) is 3.31. The van der Waals surface area contributed by atoms with Gasteiger partial charge < -0.3 is 5.11 Å². The molecule has 1 N–H and O–H groups in total. The van der Waals surface area contributed by atoms with E-state index < -0.39 is 0 Å². The standard InChI is InChI=1S/C14H18O2/c1-8-6-11-7-9(2)14(16)13(11)10(3)12(8)4-5-15/h6,9,15H,4-5,7H2,1-3H3/i1D,3D. The largest absolute Gasteiger partial charge is 0.396 e. The highest BCUT2D eigenvalue weighted by atomic mass is 16.2. The Bertz CT molecular complexity index is 483. The maximum absolute atomic E-state index is 12.1. The molecule has 0 aromatic heterocycles. The highest BCUT2D eigenvalue weighted by Gasteiger charge is 2.29. The molecule has 2 rings (SSSR count). The van der Waals surface area contributed by atoms with Crippen LogP contribution in [0.15, 0.2) is 6.07 Å². The molecule has 2 nitrogen and oxygen atoms in total. The van der Waals surface area contributed by atoms with Gasteiger partial charge in [-0.25, -0.2) is 0 Å². The monoisotopic (exact) mass is 220 g/mol. The number of rotatable bonds is 2. The quantitative estimate of drug-likeness (QED) is 0.829. The molecule has 0 radical (unpaired) electrons. The zero-order chi connectivity index (χ0) is 13.3. The normalized spacial score (nSPS) is 20.6. The Hall–Kier alpha value is -1.15. The molecular formula is C14H18O2. The summed E-state index contributed by atoms with van der Waals surface area (Å²) in [5.74, 6) is 0.0937. The van der Waals surface area contributed by atoms with E-state index in [1.807, 2.05) is 13.0 Å². The predicted molar refractivity (Wildman–Crippen MR) is 63.9 cm³/mol. The highest BCUT2D eigenvalue weighted by Crippen LogP contribution is 2.32. The van der Waals surface area contributed by atoms with E-state index in [9.17, 15) is 4.79 Å². The number of carbonyl (C=O) groups is 1. The van der Waals surface area contributed by atoms with Crippen LogP contribution in [0, 0.1) is 19.7 Å². The summed E-state index contributed by atoms with van der Waals surface area (Å²) in [5.41, 5.74) is 4.10. The van der Waals surface area contributed by atoms with E-state index in [1.165, 1.54) is 0 Å². The summed E-state index contributed by atoms with van der Waals surface area (Å²) in [6.07, 6.45) is 1.14. The van der Waals surface area contributed by atoms with Crippen LogP contribution in [0.4, 0.5) is 0 Å². The maximum Gasteiger partial charge on any atom is 0.166 e. The van der Waals surface area contributed by atoms with E-state index in [1.54, 1.807) is 0 Å². The van der Waals surface area contributed by atoms with Crippen molar-refractivity contribution in [2.24, 2.45) is 5.92 Å². The Kier molecular flexibility index (Phi) is 2.25. The van der Waals surface area contributed by atoms with Crippen LogP contribution < -0.4 is 0 Å². The molecule has 0 saturated carbocycles. The van der Waals surface area contributed by atoms with Crippen LogP contribution in [0.3, 0.4) is 0 Å². The Morgan fingerprint density at radius 2 is 2.38 bits per heavy atom. The van der Waals surface area contributed by atoms with Gasteiger partial charge in [0.15, 0.2) is 5.78 Å². The Labute approximate surface area is 99.1 Å². The molecule has 1 aromatic rings. The number of ketones is 1. The van der Waals surface area contributed by atoms with Gasteiger partial charge >= 0.3 is 0 Å². The van der Waals surface area contributed by atoms with Gasteiger partial charge in [-0.15, -0.1) is 0 Å². The van der Waals surface area contributed by atoms with Crippen molar-refractivity contribution in [2.45, 2.75) is 33.6 Å². The van der Waals surface area contributed by atoms with Gasteiger partial charge in [-0.05, 0) is 48.9 Å². The molecule has 0 fully saturated rings. The first-order chi connectivity index (χ1) is 8.63. The Morgan fingerprint density at radius 1 is 1.56 bits per heavy atom. The average Bonchev–Trinajstić information content (AvgIpc) is 2.65. The molecule has 86 valence electrons. The predicted octanol–water partition coefficient (Wildman–Crippen LogP) is 2.21. The summed E-state index contributed by atoms with van der Waals surface area (Å²) >= 11 is 0. The van der Waals surface area contributed by atoms with Gasteiger partial charge in [0.1, 0.15) is 0 Å². The molecular weight excluding hydrogens is 200 g/mol. The van der Waals surface area contributed by atoms with Crippen LogP contribution in [0.25, 0.3) is 0 Å². The van der Waals surface area contributed by atoms with Crippen molar-refractivity contribution in [1.82, 2.24) is 0 Å². The van der Waals surface area contributed by atoms with Crippen LogP contribution in [-0.2, 0) is 12.8 Å². The van der Waals surface area contributed by atoms with Crippen LogP contribution >= 0.6 is 0 Å². The summed E-state index contributed by atoms with van der Waals surface area (Å²) in [4.78, 5) is 12.1. The van der Waals surface area contributed by atoms with E-state index in [4.69, 9.17) is 7.85 Å². The van der Waals surface area contributed by atoms with E-state index in [0.29, 0.717) is 18.4 Å². The molecule has 1 aliphatic carbocycles. The molecule has 1 aromatic carbocycles. The molecule has 16 heavy (non-hydrogen) atoms. The van der Waals surface area contributed by atoms with Crippen LogP contribution in [0.5, 0.6) is 0 Å². The number of carbonyl (C=O) groups excluding carboxylic acids is 1. The van der Waals surface area contributed by atoms with Crippen LogP contribution in [-0.4, -0.2) is 17.5 Å². The molecule has 0 spiro atoms. The minimum atomic E-state index is -0.0201. The molecule has 0 aliphatic heterocycles. The number of hydrogen-bond donors (Lipinski definition) is 1. The molecule has 0 amide bonds. The molecule has 1 aliphatic rings. The van der Waals surface area contributed by atoms with Gasteiger partial charge in [-0.2, -0.15) is 0 Å². The zero-order valence-electron chi connectivity index (χ0n) is 11.5. The zero-order valence-corrected chi connectivity index (χ0v) is 9.55. The molecule has 1 atom stereocenters. The fraction of sp³-hybridized carbons (Fsp3) is 0.500. The van der Waals surface area contributed by atoms with E-state index in [-0.39, 0.29) is 32.1 Å². The Balaban J connectivity index is 2.65. The average molecular weight is 220 g/mol. The second kappa shape index (κ2) is 4.02. The van der Waals surface area contributed by atoms with Crippen molar-refractivity contribution >= 4 is 5.78 Å². The lowest BCUT2D eigenvalue weighted by atomic mass is 9.92. The van der Waals surface area contributed by atoms with Crippen molar-refractivity contribution < 1.29 is 12.6 Å². The number of aliphatic hydroxyl groups is 1. The second-order valence-electron chi connectivity index (χ2n) is 4.47. The number of fused-ring (bicyclic) bond motifs is 1. The van der Waals surface area contributed by atoms with Crippen molar-refractivity contribution in [2.75, 3.05) is 6.61 Å². The van der Waals surface area contributed by atoms with Crippen molar-refractivity contribution in [3.63, 3.8) is 0 Å². The molecule has 2 heteroatoms. The van der Waals surface area contributed by atoms with Gasteiger partial charge in [-0.3, -0.25) is 4.79 Å². The van der Waals surface area contributed by atoms with Gasteiger partial charge in [0, 0.05) is 20.8 Å². The van der Waals surface area contributed by atoms with Crippen molar-refractivity contribution in [3.05, 3.63) is 33.9 Å². The third-order valence-electron chi connectivity index (χ3n) is 3.31.